The number of amides is 1. The summed E-state index contributed by atoms with van der Waals surface area (Å²) in [6.45, 7) is 1.87. The number of carbonyl (C=O) groups excluding carboxylic acids is 1. The number of thioether (sulfide) groups is 1. The molecule has 1 atom stereocenters. The number of hydrogen-bond acceptors (Lipinski definition) is 3. The maximum absolute atomic E-state index is 12.3. The Kier molecular flexibility index (Phi) is 5.53. The van der Waals surface area contributed by atoms with Crippen molar-refractivity contribution in [2.45, 2.75) is 17.1 Å². The molecule has 0 aliphatic rings. The standard InChI is InChI=1S/C16H16ClNO2S/c1-11(21-13-6-4-3-5-7-13)16(19)18-14-10-12(17)8-9-15(14)20-2/h3-11H,1-2H3,(H,18,19). The van der Waals surface area contributed by atoms with E-state index in [2.05, 4.69) is 5.32 Å². The largest absolute Gasteiger partial charge is 0.495 e. The van der Waals surface area contributed by atoms with Crippen LogP contribution in [0.4, 0.5) is 5.69 Å². The average Bonchev–Trinajstić information content (AvgIpc) is 2.48. The lowest BCUT2D eigenvalue weighted by Crippen LogP contribution is -2.22. The van der Waals surface area contributed by atoms with Crippen LogP contribution in [0.15, 0.2) is 53.4 Å². The van der Waals surface area contributed by atoms with E-state index in [1.807, 2.05) is 37.3 Å². The smallest absolute Gasteiger partial charge is 0.237 e. The van der Waals surface area contributed by atoms with Crippen molar-refractivity contribution in [3.8, 4) is 5.75 Å². The zero-order valence-corrected chi connectivity index (χ0v) is 13.4. The van der Waals surface area contributed by atoms with Crippen molar-refractivity contribution in [2.75, 3.05) is 12.4 Å². The van der Waals surface area contributed by atoms with Crippen molar-refractivity contribution in [3.63, 3.8) is 0 Å². The monoisotopic (exact) mass is 321 g/mol. The number of halogens is 1. The van der Waals surface area contributed by atoms with Crippen LogP contribution in [0.25, 0.3) is 0 Å². The Morgan fingerprint density at radius 3 is 2.62 bits per heavy atom. The maximum atomic E-state index is 12.3. The minimum absolute atomic E-state index is 0.0931. The zero-order chi connectivity index (χ0) is 15.2. The lowest BCUT2D eigenvalue weighted by molar-refractivity contribution is -0.115. The van der Waals surface area contributed by atoms with Gasteiger partial charge in [0.25, 0.3) is 0 Å². The van der Waals surface area contributed by atoms with Crippen molar-refractivity contribution in [1.82, 2.24) is 0 Å². The summed E-state index contributed by atoms with van der Waals surface area (Å²) in [5, 5.41) is 3.18. The van der Waals surface area contributed by atoms with Gasteiger partial charge in [-0.05, 0) is 37.3 Å². The number of hydrogen-bond donors (Lipinski definition) is 1. The van der Waals surface area contributed by atoms with Crippen LogP contribution in [0.2, 0.25) is 5.02 Å². The number of ether oxygens (including phenoxy) is 1. The summed E-state index contributed by atoms with van der Waals surface area (Å²) in [5.74, 6) is 0.495. The van der Waals surface area contributed by atoms with E-state index in [9.17, 15) is 4.79 Å². The maximum Gasteiger partial charge on any atom is 0.237 e. The molecule has 0 fully saturated rings. The summed E-state index contributed by atoms with van der Waals surface area (Å²) in [6.07, 6.45) is 0. The summed E-state index contributed by atoms with van der Waals surface area (Å²) in [6, 6.07) is 14.9. The highest BCUT2D eigenvalue weighted by molar-refractivity contribution is 8.00. The Hall–Kier alpha value is -1.65. The number of anilines is 1. The molecule has 0 spiro atoms. The first-order chi connectivity index (χ1) is 10.1. The summed E-state index contributed by atoms with van der Waals surface area (Å²) < 4.78 is 5.22. The molecule has 1 N–H and O–H groups in total. The molecule has 2 aromatic carbocycles. The van der Waals surface area contributed by atoms with Gasteiger partial charge >= 0.3 is 0 Å². The number of benzene rings is 2. The van der Waals surface area contributed by atoms with Crippen LogP contribution in [0.5, 0.6) is 5.75 Å². The molecule has 0 bridgehead atoms. The highest BCUT2D eigenvalue weighted by Crippen LogP contribution is 2.29. The van der Waals surface area contributed by atoms with E-state index in [1.165, 1.54) is 11.8 Å². The number of nitrogens with one attached hydrogen (secondary N) is 1. The third kappa shape index (κ3) is 4.41. The van der Waals surface area contributed by atoms with Crippen LogP contribution in [-0.4, -0.2) is 18.3 Å². The molecule has 0 heterocycles. The molecule has 2 rings (SSSR count). The zero-order valence-electron chi connectivity index (χ0n) is 11.8. The number of rotatable bonds is 5. The topological polar surface area (TPSA) is 38.3 Å². The Morgan fingerprint density at radius 1 is 1.24 bits per heavy atom. The second-order valence-electron chi connectivity index (χ2n) is 4.41. The first-order valence-electron chi connectivity index (χ1n) is 6.46. The lowest BCUT2D eigenvalue weighted by atomic mass is 10.3. The van der Waals surface area contributed by atoms with E-state index < -0.39 is 0 Å². The molecule has 3 nitrogen and oxygen atoms in total. The van der Waals surface area contributed by atoms with Gasteiger partial charge in [0, 0.05) is 9.92 Å². The van der Waals surface area contributed by atoms with Gasteiger partial charge < -0.3 is 10.1 Å². The van der Waals surface area contributed by atoms with E-state index in [0.717, 1.165) is 4.90 Å². The van der Waals surface area contributed by atoms with Crippen LogP contribution in [0, 0.1) is 0 Å². The average molecular weight is 322 g/mol. The number of methoxy groups -OCH3 is 1. The van der Waals surface area contributed by atoms with Crippen LogP contribution in [0.1, 0.15) is 6.92 Å². The van der Waals surface area contributed by atoms with E-state index in [4.69, 9.17) is 16.3 Å². The minimum atomic E-state index is -0.226. The van der Waals surface area contributed by atoms with Gasteiger partial charge in [-0.15, -0.1) is 11.8 Å². The third-order valence-electron chi connectivity index (χ3n) is 2.84. The summed E-state index contributed by atoms with van der Waals surface area (Å²) in [5.41, 5.74) is 0.579. The summed E-state index contributed by atoms with van der Waals surface area (Å²) in [4.78, 5) is 13.3. The van der Waals surface area contributed by atoms with Gasteiger partial charge in [0.15, 0.2) is 0 Å². The van der Waals surface area contributed by atoms with Crippen molar-refractivity contribution >= 4 is 35.0 Å². The fourth-order valence-electron chi connectivity index (χ4n) is 1.77. The molecule has 5 heteroatoms. The van der Waals surface area contributed by atoms with Gasteiger partial charge in [0.2, 0.25) is 5.91 Å². The molecule has 2 aromatic rings. The van der Waals surface area contributed by atoms with E-state index in [-0.39, 0.29) is 11.2 Å². The highest BCUT2D eigenvalue weighted by atomic mass is 35.5. The lowest BCUT2D eigenvalue weighted by Gasteiger charge is -2.14. The van der Waals surface area contributed by atoms with E-state index in [1.54, 1.807) is 25.3 Å². The molecule has 0 saturated carbocycles. The second kappa shape index (κ2) is 7.38. The Morgan fingerprint density at radius 2 is 1.95 bits per heavy atom. The quantitative estimate of drug-likeness (QED) is 0.826. The van der Waals surface area contributed by atoms with Gasteiger partial charge in [-0.25, -0.2) is 0 Å². The number of carbonyl (C=O) groups is 1. The first kappa shape index (κ1) is 15.7. The van der Waals surface area contributed by atoms with E-state index >= 15 is 0 Å². The van der Waals surface area contributed by atoms with Gasteiger partial charge in [0.1, 0.15) is 5.75 Å². The van der Waals surface area contributed by atoms with E-state index in [0.29, 0.717) is 16.5 Å². The van der Waals surface area contributed by atoms with Gasteiger partial charge in [-0.2, -0.15) is 0 Å². The summed E-state index contributed by atoms with van der Waals surface area (Å²) in [7, 11) is 1.56. The van der Waals surface area contributed by atoms with Crippen molar-refractivity contribution in [1.29, 1.82) is 0 Å². The molecule has 0 saturated heterocycles. The fraction of sp³-hybridized carbons (Fsp3) is 0.188. The molecule has 1 unspecified atom stereocenters. The molecule has 0 aliphatic heterocycles. The van der Waals surface area contributed by atoms with Crippen LogP contribution < -0.4 is 10.1 Å². The molecule has 0 aromatic heterocycles. The molecule has 110 valence electrons. The molecule has 0 radical (unpaired) electrons. The molecular formula is C16H16ClNO2S. The normalized spacial score (nSPS) is 11.8. The SMILES string of the molecule is COc1ccc(Cl)cc1NC(=O)C(C)Sc1ccccc1. The third-order valence-corrected chi connectivity index (χ3v) is 4.19. The van der Waals surface area contributed by atoms with Crippen molar-refractivity contribution in [2.24, 2.45) is 0 Å². The summed E-state index contributed by atoms with van der Waals surface area (Å²) >= 11 is 7.46. The Labute approximate surface area is 133 Å². The molecular weight excluding hydrogens is 306 g/mol. The molecule has 1 amide bonds. The van der Waals surface area contributed by atoms with Gasteiger partial charge in [-0.3, -0.25) is 4.79 Å². The van der Waals surface area contributed by atoms with Crippen LogP contribution in [-0.2, 0) is 4.79 Å². The van der Waals surface area contributed by atoms with Crippen LogP contribution >= 0.6 is 23.4 Å². The van der Waals surface area contributed by atoms with Gasteiger partial charge in [-0.1, -0.05) is 29.8 Å². The van der Waals surface area contributed by atoms with Gasteiger partial charge in [0.05, 0.1) is 18.0 Å². The first-order valence-corrected chi connectivity index (χ1v) is 7.72. The Bertz CT molecular complexity index is 619. The predicted octanol–water partition coefficient (Wildman–Crippen LogP) is 4.47. The second-order valence-corrected chi connectivity index (χ2v) is 6.26. The highest BCUT2D eigenvalue weighted by Gasteiger charge is 2.16. The van der Waals surface area contributed by atoms with Crippen LogP contribution in [0.3, 0.4) is 0 Å². The fourth-order valence-corrected chi connectivity index (χ4v) is 2.83. The Balaban J connectivity index is 2.05. The van der Waals surface area contributed by atoms with Crippen molar-refractivity contribution < 1.29 is 9.53 Å². The van der Waals surface area contributed by atoms with Crippen molar-refractivity contribution in [3.05, 3.63) is 53.6 Å². The predicted molar refractivity (Wildman–Crippen MR) is 88.4 cm³/mol. The molecule has 0 aliphatic carbocycles. The minimum Gasteiger partial charge on any atom is -0.495 e. The molecule has 21 heavy (non-hydrogen) atoms.